The van der Waals surface area contributed by atoms with E-state index in [9.17, 15) is 9.59 Å². The molecule has 2 rings (SSSR count). The first kappa shape index (κ1) is 12.4. The van der Waals surface area contributed by atoms with Gasteiger partial charge in [-0.3, -0.25) is 9.36 Å². The number of carbonyl (C=O) groups is 1. The Morgan fingerprint density at radius 2 is 2.06 bits per heavy atom. The lowest BCUT2D eigenvalue weighted by molar-refractivity contribution is -0.151. The van der Waals surface area contributed by atoms with Crippen molar-refractivity contribution in [2.75, 3.05) is 7.11 Å². The molecule has 0 fully saturated rings. The van der Waals surface area contributed by atoms with E-state index in [0.717, 1.165) is 0 Å². The number of para-hydroxylation sites is 2. The highest BCUT2D eigenvalue weighted by Crippen LogP contribution is 2.22. The Morgan fingerprint density at radius 3 is 2.72 bits per heavy atom. The summed E-state index contributed by atoms with van der Waals surface area (Å²) in [4.78, 5) is 23.4. The fourth-order valence-electron chi connectivity index (χ4n) is 1.90. The van der Waals surface area contributed by atoms with Crippen molar-refractivity contribution in [2.24, 2.45) is 5.41 Å². The van der Waals surface area contributed by atoms with Gasteiger partial charge in [0.15, 0.2) is 5.58 Å². The third-order valence-electron chi connectivity index (χ3n) is 2.87. The van der Waals surface area contributed by atoms with Gasteiger partial charge >= 0.3 is 11.7 Å². The molecule has 0 amide bonds. The lowest BCUT2D eigenvalue weighted by Crippen LogP contribution is -2.33. The number of hydrogen-bond acceptors (Lipinski definition) is 4. The first-order valence-electron chi connectivity index (χ1n) is 5.62. The fraction of sp³-hybridized carbons (Fsp3) is 0.385. The largest absolute Gasteiger partial charge is 0.469 e. The lowest BCUT2D eigenvalue weighted by atomic mass is 9.93. The SMILES string of the molecule is COC(=O)C(C)(C)Cn1c(=O)oc2ccccc21. The van der Waals surface area contributed by atoms with Gasteiger partial charge < -0.3 is 9.15 Å². The summed E-state index contributed by atoms with van der Waals surface area (Å²) in [5, 5.41) is 0. The molecule has 0 aliphatic rings. The third kappa shape index (κ3) is 2.03. The van der Waals surface area contributed by atoms with E-state index in [4.69, 9.17) is 9.15 Å². The Balaban J connectivity index is 2.46. The van der Waals surface area contributed by atoms with Gasteiger partial charge in [-0.25, -0.2) is 4.79 Å². The Hall–Kier alpha value is -2.04. The number of carbonyl (C=O) groups excluding carboxylic acids is 1. The number of fused-ring (bicyclic) bond motifs is 1. The van der Waals surface area contributed by atoms with Crippen LogP contribution in [0.2, 0.25) is 0 Å². The third-order valence-corrected chi connectivity index (χ3v) is 2.87. The van der Waals surface area contributed by atoms with Crippen molar-refractivity contribution in [1.29, 1.82) is 0 Å². The summed E-state index contributed by atoms with van der Waals surface area (Å²) in [7, 11) is 1.33. The van der Waals surface area contributed by atoms with Gasteiger partial charge in [0.2, 0.25) is 0 Å². The van der Waals surface area contributed by atoms with Crippen LogP contribution in [0.3, 0.4) is 0 Å². The molecule has 1 aromatic heterocycles. The van der Waals surface area contributed by atoms with Gasteiger partial charge in [0.05, 0.1) is 18.0 Å². The molecule has 1 heterocycles. The molecule has 0 saturated carbocycles. The van der Waals surface area contributed by atoms with Crippen LogP contribution in [0.4, 0.5) is 0 Å². The van der Waals surface area contributed by atoms with Gasteiger partial charge in [0, 0.05) is 6.54 Å². The number of oxazole rings is 1. The zero-order chi connectivity index (χ0) is 13.3. The van der Waals surface area contributed by atoms with E-state index < -0.39 is 11.2 Å². The Kier molecular flexibility index (Phi) is 2.98. The van der Waals surface area contributed by atoms with Crippen LogP contribution in [-0.2, 0) is 16.1 Å². The Labute approximate surface area is 104 Å². The van der Waals surface area contributed by atoms with Crippen LogP contribution in [0.5, 0.6) is 0 Å². The van der Waals surface area contributed by atoms with Crippen molar-refractivity contribution >= 4 is 17.1 Å². The molecule has 0 aliphatic heterocycles. The normalized spacial score (nSPS) is 11.7. The maximum absolute atomic E-state index is 11.8. The number of ether oxygens (including phenoxy) is 1. The average Bonchev–Trinajstić information content (AvgIpc) is 2.65. The van der Waals surface area contributed by atoms with Gasteiger partial charge in [-0.15, -0.1) is 0 Å². The molecule has 5 heteroatoms. The van der Waals surface area contributed by atoms with E-state index in [1.54, 1.807) is 32.0 Å². The average molecular weight is 249 g/mol. The summed E-state index contributed by atoms with van der Waals surface area (Å²) in [5.74, 6) is -0.826. The van der Waals surface area contributed by atoms with Crippen LogP contribution in [-0.4, -0.2) is 17.6 Å². The van der Waals surface area contributed by atoms with Crippen molar-refractivity contribution < 1.29 is 13.9 Å². The first-order valence-corrected chi connectivity index (χ1v) is 5.62. The molecule has 0 unspecified atom stereocenters. The van der Waals surface area contributed by atoms with Crippen LogP contribution in [0.25, 0.3) is 11.1 Å². The van der Waals surface area contributed by atoms with Gasteiger partial charge in [-0.1, -0.05) is 12.1 Å². The molecule has 0 bridgehead atoms. The zero-order valence-corrected chi connectivity index (χ0v) is 10.6. The number of hydrogen-bond donors (Lipinski definition) is 0. The second-order valence-corrected chi connectivity index (χ2v) is 4.80. The molecule has 18 heavy (non-hydrogen) atoms. The molecule has 2 aromatic rings. The van der Waals surface area contributed by atoms with E-state index >= 15 is 0 Å². The van der Waals surface area contributed by atoms with Crippen LogP contribution in [0, 0.1) is 5.41 Å². The minimum Gasteiger partial charge on any atom is -0.469 e. The second-order valence-electron chi connectivity index (χ2n) is 4.80. The molecule has 0 atom stereocenters. The Morgan fingerprint density at radius 1 is 1.39 bits per heavy atom. The van der Waals surface area contributed by atoms with Gasteiger partial charge in [-0.05, 0) is 26.0 Å². The molecule has 5 nitrogen and oxygen atoms in total. The quantitative estimate of drug-likeness (QED) is 0.778. The monoisotopic (exact) mass is 249 g/mol. The standard InChI is InChI=1S/C13H15NO4/c1-13(2,11(15)17-3)8-14-9-6-4-5-7-10(9)18-12(14)16/h4-7H,8H2,1-3H3. The molecule has 96 valence electrons. The smallest absolute Gasteiger partial charge is 0.419 e. The molecular weight excluding hydrogens is 234 g/mol. The lowest BCUT2D eigenvalue weighted by Gasteiger charge is -2.21. The molecule has 0 saturated heterocycles. The summed E-state index contributed by atoms with van der Waals surface area (Å²) in [6, 6.07) is 7.12. The van der Waals surface area contributed by atoms with Crippen LogP contribution < -0.4 is 5.76 Å². The molecule has 0 aliphatic carbocycles. The van der Waals surface area contributed by atoms with Crippen LogP contribution in [0.1, 0.15) is 13.8 Å². The topological polar surface area (TPSA) is 61.4 Å². The highest BCUT2D eigenvalue weighted by atomic mass is 16.5. The van der Waals surface area contributed by atoms with Gasteiger partial charge in [0.25, 0.3) is 0 Å². The molecule has 0 N–H and O–H groups in total. The Bertz CT molecular complexity index is 636. The second kappa shape index (κ2) is 4.33. The fourth-order valence-corrected chi connectivity index (χ4v) is 1.90. The summed E-state index contributed by atoms with van der Waals surface area (Å²) in [6.07, 6.45) is 0. The van der Waals surface area contributed by atoms with E-state index in [0.29, 0.717) is 11.1 Å². The molecule has 1 aromatic carbocycles. The number of aromatic nitrogens is 1. The number of methoxy groups -OCH3 is 1. The maximum Gasteiger partial charge on any atom is 0.419 e. The maximum atomic E-state index is 11.8. The summed E-state index contributed by atoms with van der Waals surface area (Å²) in [5.41, 5.74) is 0.410. The van der Waals surface area contributed by atoms with Crippen LogP contribution >= 0.6 is 0 Å². The first-order chi connectivity index (χ1) is 8.45. The van der Waals surface area contributed by atoms with E-state index in [1.165, 1.54) is 11.7 Å². The predicted molar refractivity (Wildman–Crippen MR) is 66.3 cm³/mol. The van der Waals surface area contributed by atoms with Crippen molar-refractivity contribution in [1.82, 2.24) is 4.57 Å². The number of rotatable bonds is 3. The summed E-state index contributed by atoms with van der Waals surface area (Å²) >= 11 is 0. The highest BCUT2D eigenvalue weighted by Gasteiger charge is 2.30. The van der Waals surface area contributed by atoms with Gasteiger partial charge in [0.1, 0.15) is 0 Å². The van der Waals surface area contributed by atoms with E-state index in [1.807, 2.05) is 6.07 Å². The van der Waals surface area contributed by atoms with Crippen molar-refractivity contribution in [3.8, 4) is 0 Å². The number of benzene rings is 1. The van der Waals surface area contributed by atoms with Crippen LogP contribution in [0.15, 0.2) is 33.5 Å². The van der Waals surface area contributed by atoms with Crippen molar-refractivity contribution in [3.05, 3.63) is 34.8 Å². The zero-order valence-electron chi connectivity index (χ0n) is 10.6. The number of nitrogens with zero attached hydrogens (tertiary/aromatic N) is 1. The van der Waals surface area contributed by atoms with Gasteiger partial charge in [-0.2, -0.15) is 0 Å². The highest BCUT2D eigenvalue weighted by molar-refractivity contribution is 5.76. The summed E-state index contributed by atoms with van der Waals surface area (Å²) < 4.78 is 11.3. The molecular formula is C13H15NO4. The number of esters is 1. The van der Waals surface area contributed by atoms with Crippen molar-refractivity contribution in [2.45, 2.75) is 20.4 Å². The molecule has 0 radical (unpaired) electrons. The minimum atomic E-state index is -0.786. The predicted octanol–water partition coefficient (Wildman–Crippen LogP) is 1.79. The minimum absolute atomic E-state index is 0.218. The molecule has 0 spiro atoms. The summed E-state index contributed by atoms with van der Waals surface area (Å²) in [6.45, 7) is 3.68. The van der Waals surface area contributed by atoms with E-state index in [2.05, 4.69) is 0 Å². The van der Waals surface area contributed by atoms with E-state index in [-0.39, 0.29) is 12.5 Å². The van der Waals surface area contributed by atoms with Crippen molar-refractivity contribution in [3.63, 3.8) is 0 Å².